The molecule has 0 radical (unpaired) electrons. The predicted molar refractivity (Wildman–Crippen MR) is 74.9 cm³/mol. The first-order chi connectivity index (χ1) is 9.88. The Morgan fingerprint density at radius 1 is 1.29 bits per heavy atom. The Bertz CT molecular complexity index is 381. The monoisotopic (exact) mass is 302 g/mol. The van der Waals surface area contributed by atoms with Gasteiger partial charge in [-0.05, 0) is 18.9 Å². The van der Waals surface area contributed by atoms with Crippen molar-refractivity contribution in [2.75, 3.05) is 34.4 Å². The Hall–Kier alpha value is -2.09. The zero-order valence-corrected chi connectivity index (χ0v) is 12.5. The minimum absolute atomic E-state index is 0.0475. The summed E-state index contributed by atoms with van der Waals surface area (Å²) >= 11 is 0. The van der Waals surface area contributed by atoms with Gasteiger partial charge in [-0.25, -0.2) is 9.59 Å². The van der Waals surface area contributed by atoms with Gasteiger partial charge in [0.1, 0.15) is 12.6 Å². The van der Waals surface area contributed by atoms with Crippen molar-refractivity contribution in [2.45, 2.75) is 18.9 Å². The number of alkyl carbamates (subject to hydrolysis) is 1. The van der Waals surface area contributed by atoms with E-state index in [-0.39, 0.29) is 25.5 Å². The van der Waals surface area contributed by atoms with Crippen molar-refractivity contribution in [1.82, 2.24) is 10.2 Å². The molecule has 0 heterocycles. The van der Waals surface area contributed by atoms with Gasteiger partial charge in [0.05, 0.1) is 6.61 Å². The minimum atomic E-state index is -1.16. The van der Waals surface area contributed by atoms with Crippen LogP contribution >= 0.6 is 0 Å². The topological polar surface area (TPSA) is 105 Å². The Morgan fingerprint density at radius 2 is 1.95 bits per heavy atom. The van der Waals surface area contributed by atoms with E-state index in [1.807, 2.05) is 0 Å². The van der Waals surface area contributed by atoms with E-state index in [1.165, 1.54) is 18.1 Å². The van der Waals surface area contributed by atoms with E-state index in [2.05, 4.69) is 5.32 Å². The minimum Gasteiger partial charge on any atom is -0.480 e. The van der Waals surface area contributed by atoms with E-state index in [0.29, 0.717) is 6.42 Å². The van der Waals surface area contributed by atoms with Crippen LogP contribution in [0.15, 0.2) is 12.2 Å². The van der Waals surface area contributed by atoms with Gasteiger partial charge in [-0.3, -0.25) is 4.79 Å². The van der Waals surface area contributed by atoms with E-state index in [9.17, 15) is 14.4 Å². The summed E-state index contributed by atoms with van der Waals surface area (Å²) in [6, 6.07) is -1.07. The summed E-state index contributed by atoms with van der Waals surface area (Å²) in [5.41, 5.74) is 0. The van der Waals surface area contributed by atoms with Gasteiger partial charge in [0.25, 0.3) is 0 Å². The van der Waals surface area contributed by atoms with Crippen LogP contribution in [0.25, 0.3) is 0 Å². The average molecular weight is 302 g/mol. The van der Waals surface area contributed by atoms with Crippen molar-refractivity contribution in [3.8, 4) is 0 Å². The van der Waals surface area contributed by atoms with Crippen LogP contribution in [0.2, 0.25) is 0 Å². The number of likely N-dealkylation sites (N-methyl/N-ethyl adjacent to an activating group) is 1. The third-order valence-electron chi connectivity index (χ3n) is 2.43. The van der Waals surface area contributed by atoms with Crippen LogP contribution in [-0.2, 0) is 19.1 Å². The molecule has 0 saturated carbocycles. The highest BCUT2D eigenvalue weighted by atomic mass is 16.6. The van der Waals surface area contributed by atoms with Gasteiger partial charge in [-0.2, -0.15) is 0 Å². The fourth-order valence-electron chi connectivity index (χ4n) is 1.26. The molecule has 0 rings (SSSR count). The molecular formula is C13H22N2O6. The lowest BCUT2D eigenvalue weighted by molar-refractivity contribution is -0.139. The van der Waals surface area contributed by atoms with Crippen LogP contribution in [0.1, 0.15) is 12.8 Å². The molecule has 0 bridgehead atoms. The summed E-state index contributed by atoms with van der Waals surface area (Å²) in [6.45, 7) is 0.284. The number of nitrogens with one attached hydrogen (secondary N) is 1. The molecule has 8 heteroatoms. The number of allylic oxidation sites excluding steroid dienone is 1. The lowest BCUT2D eigenvalue weighted by Crippen LogP contribution is -2.41. The standard InChI is InChI=1S/C13H22N2O6/c1-15(2)11(16)7-5-4-6-10(12(17)18)14-13(19)21-9-8-20-3/h5,7,10H,4,6,8-9H2,1-3H3,(H,14,19)(H,17,18)/b7-5+. The molecule has 1 unspecified atom stereocenters. The number of nitrogens with zero attached hydrogens (tertiary/aromatic N) is 1. The van der Waals surface area contributed by atoms with E-state index in [4.69, 9.17) is 14.6 Å². The van der Waals surface area contributed by atoms with Crippen LogP contribution in [0.5, 0.6) is 0 Å². The first-order valence-corrected chi connectivity index (χ1v) is 6.41. The first kappa shape index (κ1) is 18.9. The summed E-state index contributed by atoms with van der Waals surface area (Å²) in [6.07, 6.45) is 2.61. The molecule has 21 heavy (non-hydrogen) atoms. The number of amides is 2. The van der Waals surface area contributed by atoms with Crippen molar-refractivity contribution >= 4 is 18.0 Å². The number of aliphatic carboxylic acids is 1. The van der Waals surface area contributed by atoms with Gasteiger partial charge in [-0.15, -0.1) is 0 Å². The Morgan fingerprint density at radius 3 is 2.48 bits per heavy atom. The molecule has 2 N–H and O–H groups in total. The van der Waals surface area contributed by atoms with Crippen LogP contribution in [0.4, 0.5) is 4.79 Å². The molecule has 0 spiro atoms. The second-order valence-electron chi connectivity index (χ2n) is 4.38. The van der Waals surface area contributed by atoms with Crippen molar-refractivity contribution < 1.29 is 29.0 Å². The number of hydrogen-bond acceptors (Lipinski definition) is 5. The summed E-state index contributed by atoms with van der Waals surface area (Å²) in [5.74, 6) is -1.35. The van der Waals surface area contributed by atoms with Crippen molar-refractivity contribution in [2.24, 2.45) is 0 Å². The fourth-order valence-corrected chi connectivity index (χ4v) is 1.26. The molecule has 0 aliphatic rings. The second-order valence-corrected chi connectivity index (χ2v) is 4.38. The number of carbonyl (C=O) groups excluding carboxylic acids is 2. The SMILES string of the molecule is COCCOC(=O)NC(CC/C=C/C(=O)N(C)C)C(=O)O. The van der Waals surface area contributed by atoms with Crippen LogP contribution in [-0.4, -0.2) is 68.4 Å². The van der Waals surface area contributed by atoms with Crippen molar-refractivity contribution in [1.29, 1.82) is 0 Å². The molecule has 0 saturated heterocycles. The number of carboxylic acids is 1. The summed E-state index contributed by atoms with van der Waals surface area (Å²) in [5, 5.41) is 11.2. The smallest absolute Gasteiger partial charge is 0.407 e. The second kappa shape index (κ2) is 10.7. The maximum atomic E-state index is 11.3. The number of carboxylic acid groups (broad SMARTS) is 1. The first-order valence-electron chi connectivity index (χ1n) is 6.41. The van der Waals surface area contributed by atoms with Crippen LogP contribution in [0, 0.1) is 0 Å². The number of hydrogen-bond donors (Lipinski definition) is 2. The highest BCUT2D eigenvalue weighted by molar-refractivity contribution is 5.87. The fraction of sp³-hybridized carbons (Fsp3) is 0.615. The van der Waals surface area contributed by atoms with E-state index in [0.717, 1.165) is 0 Å². The molecule has 0 aromatic heterocycles. The number of methoxy groups -OCH3 is 1. The summed E-state index contributed by atoms with van der Waals surface area (Å²) < 4.78 is 9.42. The molecule has 120 valence electrons. The molecule has 0 aliphatic carbocycles. The third kappa shape index (κ3) is 9.44. The zero-order valence-electron chi connectivity index (χ0n) is 12.5. The van der Waals surface area contributed by atoms with Gasteiger partial charge in [-0.1, -0.05) is 6.08 Å². The highest BCUT2D eigenvalue weighted by Gasteiger charge is 2.19. The Balaban J connectivity index is 4.17. The molecule has 0 aromatic carbocycles. The number of rotatable bonds is 9. The Kier molecular flexibility index (Phi) is 9.61. The lowest BCUT2D eigenvalue weighted by atomic mass is 10.1. The maximum Gasteiger partial charge on any atom is 0.407 e. The predicted octanol–water partition coefficient (Wildman–Crippen LogP) is 0.237. The highest BCUT2D eigenvalue weighted by Crippen LogP contribution is 2.00. The van der Waals surface area contributed by atoms with Crippen molar-refractivity contribution in [3.05, 3.63) is 12.2 Å². The average Bonchev–Trinajstić information content (AvgIpc) is 2.41. The lowest BCUT2D eigenvalue weighted by Gasteiger charge is -2.13. The molecule has 1 atom stereocenters. The van der Waals surface area contributed by atoms with Crippen LogP contribution in [0.3, 0.4) is 0 Å². The molecule has 0 aromatic rings. The number of carbonyl (C=O) groups is 3. The van der Waals surface area contributed by atoms with Gasteiger partial charge in [0.15, 0.2) is 0 Å². The van der Waals surface area contributed by atoms with Gasteiger partial charge in [0, 0.05) is 21.2 Å². The van der Waals surface area contributed by atoms with Gasteiger partial charge >= 0.3 is 12.1 Å². The summed E-state index contributed by atoms with van der Waals surface area (Å²) in [7, 11) is 4.69. The third-order valence-corrected chi connectivity index (χ3v) is 2.43. The van der Waals surface area contributed by atoms with E-state index >= 15 is 0 Å². The van der Waals surface area contributed by atoms with E-state index in [1.54, 1.807) is 20.2 Å². The Labute approximate surface area is 123 Å². The molecular weight excluding hydrogens is 280 g/mol. The molecule has 8 nitrogen and oxygen atoms in total. The zero-order chi connectivity index (χ0) is 16.3. The van der Waals surface area contributed by atoms with E-state index < -0.39 is 18.1 Å². The van der Waals surface area contributed by atoms with Gasteiger partial charge < -0.3 is 24.8 Å². The molecule has 2 amide bonds. The van der Waals surface area contributed by atoms with Crippen molar-refractivity contribution in [3.63, 3.8) is 0 Å². The quantitative estimate of drug-likeness (QED) is 0.467. The normalized spacial score (nSPS) is 12.0. The maximum absolute atomic E-state index is 11.3. The van der Waals surface area contributed by atoms with Gasteiger partial charge in [0.2, 0.25) is 5.91 Å². The summed E-state index contributed by atoms with van der Waals surface area (Å²) in [4.78, 5) is 35.0. The molecule has 0 aliphatic heterocycles. The molecule has 0 fully saturated rings. The number of ether oxygens (including phenoxy) is 2. The largest absolute Gasteiger partial charge is 0.480 e. The van der Waals surface area contributed by atoms with Crippen LogP contribution < -0.4 is 5.32 Å².